The van der Waals surface area contributed by atoms with Crippen LogP contribution in [0.5, 0.6) is 0 Å². The minimum atomic E-state index is -0.327. The van der Waals surface area contributed by atoms with Crippen molar-refractivity contribution in [2.24, 2.45) is 0 Å². The van der Waals surface area contributed by atoms with Gasteiger partial charge in [0.2, 0.25) is 0 Å². The summed E-state index contributed by atoms with van der Waals surface area (Å²) < 4.78 is 5.66. The first kappa shape index (κ1) is 15.3. The van der Waals surface area contributed by atoms with Crippen LogP contribution in [0.1, 0.15) is 28.2 Å². The second-order valence-electron chi connectivity index (χ2n) is 5.56. The number of aromatic amines is 1. The molecule has 1 fully saturated rings. The monoisotopic (exact) mass is 317 g/mol. The molecule has 1 atom stereocenters. The number of rotatable bonds is 3. The zero-order valence-electron chi connectivity index (χ0n) is 13.4. The first-order valence-corrected chi connectivity index (χ1v) is 7.35. The third kappa shape index (κ3) is 3.29. The summed E-state index contributed by atoms with van der Waals surface area (Å²) in [6, 6.07) is 3.46. The number of nitrogens with one attached hydrogen (secondary N) is 1. The van der Waals surface area contributed by atoms with Crippen molar-refractivity contribution in [3.8, 4) is 0 Å². The molecule has 1 N–H and O–H groups in total. The highest BCUT2D eigenvalue weighted by molar-refractivity contribution is 5.92. The van der Waals surface area contributed by atoms with Crippen LogP contribution in [0, 0.1) is 6.92 Å². The highest BCUT2D eigenvalue weighted by Crippen LogP contribution is 2.20. The van der Waals surface area contributed by atoms with Crippen molar-refractivity contribution >= 4 is 11.7 Å². The van der Waals surface area contributed by atoms with Gasteiger partial charge in [-0.25, -0.2) is 4.98 Å². The molecule has 0 aromatic carbocycles. The van der Waals surface area contributed by atoms with E-state index in [2.05, 4.69) is 25.4 Å². The summed E-state index contributed by atoms with van der Waals surface area (Å²) in [5.41, 5.74) is 0.322. The Morgan fingerprint density at radius 1 is 1.39 bits per heavy atom. The van der Waals surface area contributed by atoms with Gasteiger partial charge in [0.25, 0.3) is 5.91 Å². The molecule has 1 amide bonds. The quantitative estimate of drug-likeness (QED) is 0.862. The number of H-pyrrole nitrogens is 1. The van der Waals surface area contributed by atoms with Crippen LogP contribution in [-0.4, -0.2) is 70.0 Å². The van der Waals surface area contributed by atoms with Crippen LogP contribution >= 0.6 is 0 Å². The Labute approximate surface area is 133 Å². The van der Waals surface area contributed by atoms with Gasteiger partial charge in [-0.3, -0.25) is 9.89 Å². The van der Waals surface area contributed by atoms with E-state index in [0.29, 0.717) is 37.0 Å². The molecule has 0 aliphatic carbocycles. The zero-order valence-corrected chi connectivity index (χ0v) is 13.4. The molecule has 122 valence electrons. The predicted molar refractivity (Wildman–Crippen MR) is 82.1 cm³/mol. The summed E-state index contributed by atoms with van der Waals surface area (Å²) in [6.45, 7) is 3.17. The molecule has 1 saturated heterocycles. The van der Waals surface area contributed by atoms with E-state index in [4.69, 9.17) is 4.74 Å². The van der Waals surface area contributed by atoms with Crippen LogP contribution in [0.4, 0.5) is 5.82 Å². The lowest BCUT2D eigenvalue weighted by atomic mass is 10.2. The van der Waals surface area contributed by atoms with E-state index in [1.807, 2.05) is 25.9 Å². The molecule has 9 nitrogen and oxygen atoms in total. The number of anilines is 1. The predicted octanol–water partition coefficient (Wildman–Crippen LogP) is 0.183. The van der Waals surface area contributed by atoms with Crippen LogP contribution in [0.3, 0.4) is 0 Å². The van der Waals surface area contributed by atoms with E-state index in [0.717, 1.165) is 5.82 Å². The summed E-state index contributed by atoms with van der Waals surface area (Å²) in [4.78, 5) is 20.4. The van der Waals surface area contributed by atoms with Crippen LogP contribution in [-0.2, 0) is 4.74 Å². The smallest absolute Gasteiger partial charge is 0.274 e. The van der Waals surface area contributed by atoms with Crippen LogP contribution in [0.25, 0.3) is 0 Å². The fourth-order valence-electron chi connectivity index (χ4n) is 2.33. The highest BCUT2D eigenvalue weighted by Gasteiger charge is 2.29. The van der Waals surface area contributed by atoms with E-state index < -0.39 is 0 Å². The number of carbonyl (C=O) groups is 1. The number of aryl methyl sites for hydroxylation is 1. The second kappa shape index (κ2) is 6.29. The van der Waals surface area contributed by atoms with E-state index in [1.54, 1.807) is 17.0 Å². The minimum absolute atomic E-state index is 0.164. The Kier molecular flexibility index (Phi) is 4.20. The summed E-state index contributed by atoms with van der Waals surface area (Å²) in [5.74, 6) is 1.83. The number of amides is 1. The number of hydrogen-bond acceptors (Lipinski definition) is 7. The molecule has 1 aliphatic rings. The van der Waals surface area contributed by atoms with Crippen molar-refractivity contribution in [3.63, 3.8) is 0 Å². The molecule has 0 spiro atoms. The molecule has 0 bridgehead atoms. The largest absolute Gasteiger partial charge is 0.366 e. The standard InChI is InChI=1S/C14H19N7O2/c1-9-15-13(19-16-9)11-8-21(6-7-23-11)14(22)10-4-5-12(18-17-10)20(2)3/h4-5,11H,6-8H2,1-3H3,(H,15,16,19)/t11-/m1/s1. The number of hydrogen-bond donors (Lipinski definition) is 1. The molecule has 0 radical (unpaired) electrons. The third-order valence-corrected chi connectivity index (χ3v) is 3.58. The van der Waals surface area contributed by atoms with Crippen molar-refractivity contribution in [2.45, 2.75) is 13.0 Å². The Balaban J connectivity index is 1.71. The van der Waals surface area contributed by atoms with Gasteiger partial charge in [0.1, 0.15) is 11.9 Å². The third-order valence-electron chi connectivity index (χ3n) is 3.58. The van der Waals surface area contributed by atoms with Gasteiger partial charge in [-0.1, -0.05) is 0 Å². The van der Waals surface area contributed by atoms with Crippen LogP contribution in [0.15, 0.2) is 12.1 Å². The molecule has 1 aliphatic heterocycles. The molecule has 3 rings (SSSR count). The minimum Gasteiger partial charge on any atom is -0.366 e. The normalized spacial score (nSPS) is 18.0. The maximum atomic E-state index is 12.6. The molecular formula is C14H19N7O2. The second-order valence-corrected chi connectivity index (χ2v) is 5.56. The van der Waals surface area contributed by atoms with Crippen molar-refractivity contribution in [2.75, 3.05) is 38.7 Å². The number of aromatic nitrogens is 5. The van der Waals surface area contributed by atoms with Crippen molar-refractivity contribution < 1.29 is 9.53 Å². The maximum Gasteiger partial charge on any atom is 0.274 e. The molecular weight excluding hydrogens is 298 g/mol. The zero-order chi connectivity index (χ0) is 16.4. The summed E-state index contributed by atoms with van der Waals surface area (Å²) in [7, 11) is 3.74. The van der Waals surface area contributed by atoms with Gasteiger partial charge in [0, 0.05) is 20.6 Å². The average Bonchev–Trinajstić information content (AvgIpc) is 3.01. The van der Waals surface area contributed by atoms with Crippen LogP contribution in [0.2, 0.25) is 0 Å². The molecule has 9 heteroatoms. The van der Waals surface area contributed by atoms with Crippen LogP contribution < -0.4 is 4.90 Å². The summed E-state index contributed by atoms with van der Waals surface area (Å²) in [6.07, 6.45) is -0.327. The van der Waals surface area contributed by atoms with Gasteiger partial charge in [-0.15, -0.1) is 10.2 Å². The average molecular weight is 317 g/mol. The molecule has 2 aromatic rings. The van der Waals surface area contributed by atoms with Crippen molar-refractivity contribution in [3.05, 3.63) is 29.5 Å². The first-order valence-electron chi connectivity index (χ1n) is 7.35. The van der Waals surface area contributed by atoms with Gasteiger partial charge < -0.3 is 14.5 Å². The first-order chi connectivity index (χ1) is 11.0. The molecule has 0 saturated carbocycles. The number of nitrogens with zero attached hydrogens (tertiary/aromatic N) is 6. The van der Waals surface area contributed by atoms with Crippen molar-refractivity contribution in [1.82, 2.24) is 30.3 Å². The lowest BCUT2D eigenvalue weighted by Crippen LogP contribution is -2.43. The summed E-state index contributed by atoms with van der Waals surface area (Å²) >= 11 is 0. The van der Waals surface area contributed by atoms with Gasteiger partial charge in [-0.05, 0) is 19.1 Å². The molecule has 3 heterocycles. The Hall–Kier alpha value is -2.55. The molecule has 0 unspecified atom stereocenters. The SMILES string of the molecule is Cc1nc([C@H]2CN(C(=O)c3ccc(N(C)C)nn3)CCO2)n[nH]1. The van der Waals surface area contributed by atoms with E-state index >= 15 is 0 Å². The van der Waals surface area contributed by atoms with Crippen molar-refractivity contribution in [1.29, 1.82) is 0 Å². The number of carbonyl (C=O) groups excluding carboxylic acids is 1. The fourth-order valence-corrected chi connectivity index (χ4v) is 2.33. The Morgan fingerprint density at radius 3 is 2.83 bits per heavy atom. The lowest BCUT2D eigenvalue weighted by Gasteiger charge is -2.31. The number of ether oxygens (including phenoxy) is 1. The summed E-state index contributed by atoms with van der Waals surface area (Å²) in [5, 5.41) is 14.9. The Morgan fingerprint density at radius 2 is 2.22 bits per heavy atom. The topological polar surface area (TPSA) is 100 Å². The number of morpholine rings is 1. The van der Waals surface area contributed by atoms with Gasteiger partial charge in [0.15, 0.2) is 17.3 Å². The van der Waals surface area contributed by atoms with Gasteiger partial charge in [-0.2, -0.15) is 5.10 Å². The van der Waals surface area contributed by atoms with E-state index in [1.165, 1.54) is 0 Å². The highest BCUT2D eigenvalue weighted by atomic mass is 16.5. The van der Waals surface area contributed by atoms with E-state index in [9.17, 15) is 4.79 Å². The van der Waals surface area contributed by atoms with E-state index in [-0.39, 0.29) is 12.0 Å². The molecule has 2 aromatic heterocycles. The Bertz CT molecular complexity index is 683. The van der Waals surface area contributed by atoms with Gasteiger partial charge >= 0.3 is 0 Å². The molecule has 23 heavy (non-hydrogen) atoms. The van der Waals surface area contributed by atoms with Gasteiger partial charge in [0.05, 0.1) is 13.2 Å². The fraction of sp³-hybridized carbons (Fsp3) is 0.500. The lowest BCUT2D eigenvalue weighted by molar-refractivity contribution is -0.0268. The maximum absolute atomic E-state index is 12.6.